The molecule has 0 aliphatic carbocycles. The van der Waals surface area contributed by atoms with E-state index < -0.39 is 0 Å². The Hall–Kier alpha value is -1.90. The van der Waals surface area contributed by atoms with Crippen molar-refractivity contribution in [2.24, 2.45) is 7.05 Å². The molecular formula is C12H12N2O. The highest BCUT2D eigenvalue weighted by atomic mass is 16.1. The Bertz CT molecular complexity index is 543. The Labute approximate surface area is 88.0 Å². The summed E-state index contributed by atoms with van der Waals surface area (Å²) in [5, 5.41) is 0. The predicted octanol–water partition coefficient (Wildman–Crippen LogP) is 1.76. The van der Waals surface area contributed by atoms with Crippen LogP contribution in [0, 0.1) is 6.92 Å². The van der Waals surface area contributed by atoms with Gasteiger partial charge in [0.15, 0.2) is 0 Å². The van der Waals surface area contributed by atoms with E-state index in [9.17, 15) is 4.79 Å². The van der Waals surface area contributed by atoms with Gasteiger partial charge in [0, 0.05) is 18.7 Å². The molecule has 76 valence electrons. The third kappa shape index (κ3) is 1.81. The Morgan fingerprint density at radius 2 is 2.00 bits per heavy atom. The Balaban J connectivity index is 2.60. The van der Waals surface area contributed by atoms with Crippen molar-refractivity contribution in [3.05, 3.63) is 52.6 Å². The van der Waals surface area contributed by atoms with Crippen molar-refractivity contribution in [3.8, 4) is 11.3 Å². The van der Waals surface area contributed by atoms with Crippen molar-refractivity contribution in [1.82, 2.24) is 9.55 Å². The molecule has 0 fully saturated rings. The molecule has 0 bridgehead atoms. The number of benzene rings is 1. The lowest BCUT2D eigenvalue weighted by atomic mass is 10.1. The molecule has 15 heavy (non-hydrogen) atoms. The molecule has 3 heteroatoms. The SMILES string of the molecule is Cc1ccccc1-c1cc(=O)n(C)cn1. The van der Waals surface area contributed by atoms with Gasteiger partial charge >= 0.3 is 0 Å². The fourth-order valence-electron chi connectivity index (χ4n) is 1.47. The van der Waals surface area contributed by atoms with Gasteiger partial charge in [0.1, 0.15) is 0 Å². The highest BCUT2D eigenvalue weighted by molar-refractivity contribution is 5.62. The summed E-state index contributed by atoms with van der Waals surface area (Å²) in [6, 6.07) is 9.45. The molecule has 0 atom stereocenters. The van der Waals surface area contributed by atoms with Crippen molar-refractivity contribution in [1.29, 1.82) is 0 Å². The normalized spacial score (nSPS) is 10.3. The van der Waals surface area contributed by atoms with E-state index in [0.29, 0.717) is 0 Å². The molecule has 0 amide bonds. The summed E-state index contributed by atoms with van der Waals surface area (Å²) in [7, 11) is 1.69. The largest absolute Gasteiger partial charge is 0.302 e. The van der Waals surface area contributed by atoms with Gasteiger partial charge in [-0.3, -0.25) is 4.79 Å². The zero-order valence-electron chi connectivity index (χ0n) is 8.77. The predicted molar refractivity (Wildman–Crippen MR) is 59.7 cm³/mol. The van der Waals surface area contributed by atoms with Gasteiger partial charge < -0.3 is 4.57 Å². The molecule has 0 saturated carbocycles. The molecule has 2 aromatic rings. The van der Waals surface area contributed by atoms with Crippen LogP contribution in [0.1, 0.15) is 5.56 Å². The smallest absolute Gasteiger partial charge is 0.253 e. The lowest BCUT2D eigenvalue weighted by Gasteiger charge is -2.04. The Morgan fingerprint density at radius 1 is 1.27 bits per heavy atom. The van der Waals surface area contributed by atoms with E-state index in [-0.39, 0.29) is 5.56 Å². The van der Waals surface area contributed by atoms with E-state index in [1.165, 1.54) is 4.57 Å². The van der Waals surface area contributed by atoms with Gasteiger partial charge in [-0.1, -0.05) is 24.3 Å². The minimum absolute atomic E-state index is 0.0387. The van der Waals surface area contributed by atoms with Crippen molar-refractivity contribution >= 4 is 0 Å². The average Bonchev–Trinajstić information content (AvgIpc) is 2.23. The quantitative estimate of drug-likeness (QED) is 0.703. The van der Waals surface area contributed by atoms with Gasteiger partial charge in [0.25, 0.3) is 5.56 Å². The lowest BCUT2D eigenvalue weighted by molar-refractivity contribution is 0.826. The zero-order chi connectivity index (χ0) is 10.8. The van der Waals surface area contributed by atoms with Crippen LogP contribution in [0.4, 0.5) is 0 Å². The van der Waals surface area contributed by atoms with Gasteiger partial charge in [-0.2, -0.15) is 0 Å². The topological polar surface area (TPSA) is 34.9 Å². The molecule has 0 saturated heterocycles. The van der Waals surface area contributed by atoms with Crippen molar-refractivity contribution in [3.63, 3.8) is 0 Å². The van der Waals surface area contributed by atoms with Crippen molar-refractivity contribution in [2.75, 3.05) is 0 Å². The van der Waals surface area contributed by atoms with Gasteiger partial charge in [0.2, 0.25) is 0 Å². The highest BCUT2D eigenvalue weighted by Crippen LogP contribution is 2.18. The van der Waals surface area contributed by atoms with Crippen molar-refractivity contribution in [2.45, 2.75) is 6.92 Å². The molecule has 1 heterocycles. The molecular weight excluding hydrogens is 188 g/mol. The monoisotopic (exact) mass is 200 g/mol. The first-order chi connectivity index (χ1) is 7.18. The second kappa shape index (κ2) is 3.69. The summed E-state index contributed by atoms with van der Waals surface area (Å²) >= 11 is 0. The molecule has 0 N–H and O–H groups in total. The minimum Gasteiger partial charge on any atom is -0.302 e. The van der Waals surface area contributed by atoms with Crippen LogP contribution in [0.15, 0.2) is 41.5 Å². The average molecular weight is 200 g/mol. The van der Waals surface area contributed by atoms with Crippen LogP contribution < -0.4 is 5.56 Å². The summed E-state index contributed by atoms with van der Waals surface area (Å²) in [4.78, 5) is 15.7. The van der Waals surface area contributed by atoms with Crippen LogP contribution in [-0.2, 0) is 7.05 Å². The number of hydrogen-bond donors (Lipinski definition) is 0. The Morgan fingerprint density at radius 3 is 2.67 bits per heavy atom. The van der Waals surface area contributed by atoms with Crippen LogP contribution in [0.5, 0.6) is 0 Å². The number of nitrogens with zero attached hydrogens (tertiary/aromatic N) is 2. The first kappa shape index (κ1) is 9.65. The Kier molecular flexibility index (Phi) is 2.37. The number of aryl methyl sites for hydroxylation is 2. The first-order valence-electron chi connectivity index (χ1n) is 4.77. The maximum Gasteiger partial charge on any atom is 0.253 e. The van der Waals surface area contributed by atoms with Crippen LogP contribution in [0.3, 0.4) is 0 Å². The van der Waals surface area contributed by atoms with Crippen molar-refractivity contribution < 1.29 is 0 Å². The highest BCUT2D eigenvalue weighted by Gasteiger charge is 2.03. The standard InChI is InChI=1S/C12H12N2O/c1-9-5-3-4-6-10(9)11-7-12(15)14(2)8-13-11/h3-8H,1-2H3. The number of aromatic nitrogens is 2. The van der Waals surface area contributed by atoms with E-state index in [1.807, 2.05) is 31.2 Å². The van der Waals surface area contributed by atoms with Crippen LogP contribution >= 0.6 is 0 Å². The molecule has 1 aromatic carbocycles. The summed E-state index contributed by atoms with van der Waals surface area (Å²) in [6.07, 6.45) is 1.55. The van der Waals surface area contributed by atoms with E-state index >= 15 is 0 Å². The molecule has 1 aromatic heterocycles. The van der Waals surface area contributed by atoms with E-state index in [1.54, 1.807) is 19.4 Å². The third-order valence-electron chi connectivity index (χ3n) is 2.40. The van der Waals surface area contributed by atoms with Crippen LogP contribution in [0.25, 0.3) is 11.3 Å². The van der Waals surface area contributed by atoms with Gasteiger partial charge in [-0.05, 0) is 12.5 Å². The molecule has 2 rings (SSSR count). The summed E-state index contributed by atoms with van der Waals surface area (Å²) in [5.41, 5.74) is 2.83. The number of hydrogen-bond acceptors (Lipinski definition) is 2. The summed E-state index contributed by atoms with van der Waals surface area (Å²) < 4.78 is 1.46. The summed E-state index contributed by atoms with van der Waals surface area (Å²) in [5.74, 6) is 0. The molecule has 0 unspecified atom stereocenters. The second-order valence-electron chi connectivity index (χ2n) is 3.54. The maximum atomic E-state index is 11.4. The molecule has 0 spiro atoms. The van der Waals surface area contributed by atoms with Crippen LogP contribution in [-0.4, -0.2) is 9.55 Å². The molecule has 3 nitrogen and oxygen atoms in total. The van der Waals surface area contributed by atoms with Gasteiger partial charge in [0.05, 0.1) is 12.0 Å². The molecule has 0 aliphatic heterocycles. The molecule has 0 radical (unpaired) electrons. The lowest BCUT2D eigenvalue weighted by Crippen LogP contribution is -2.15. The van der Waals surface area contributed by atoms with Crippen LogP contribution in [0.2, 0.25) is 0 Å². The summed E-state index contributed by atoms with van der Waals surface area (Å²) in [6.45, 7) is 2.01. The minimum atomic E-state index is -0.0387. The van der Waals surface area contributed by atoms with E-state index in [4.69, 9.17) is 0 Å². The fraction of sp³-hybridized carbons (Fsp3) is 0.167. The van der Waals surface area contributed by atoms with E-state index in [0.717, 1.165) is 16.8 Å². The fourth-order valence-corrected chi connectivity index (χ4v) is 1.47. The maximum absolute atomic E-state index is 11.4. The molecule has 0 aliphatic rings. The number of rotatable bonds is 1. The third-order valence-corrected chi connectivity index (χ3v) is 2.40. The zero-order valence-corrected chi connectivity index (χ0v) is 8.77. The van der Waals surface area contributed by atoms with Gasteiger partial charge in [-0.25, -0.2) is 4.98 Å². The second-order valence-corrected chi connectivity index (χ2v) is 3.54. The van der Waals surface area contributed by atoms with Gasteiger partial charge in [-0.15, -0.1) is 0 Å². The first-order valence-corrected chi connectivity index (χ1v) is 4.77. The van der Waals surface area contributed by atoms with E-state index in [2.05, 4.69) is 4.98 Å².